The number of rotatable bonds is 11. The van der Waals surface area contributed by atoms with E-state index in [-0.39, 0.29) is 5.91 Å². The first-order chi connectivity index (χ1) is 13.1. The number of unbranched alkanes of at least 4 members (excludes halogenated alkanes) is 1. The van der Waals surface area contributed by atoms with E-state index in [2.05, 4.69) is 0 Å². The van der Waals surface area contributed by atoms with Crippen molar-refractivity contribution >= 4 is 17.7 Å². The minimum absolute atomic E-state index is 0.195. The Morgan fingerprint density at radius 3 is 2.59 bits per heavy atom. The molecule has 0 spiro atoms. The number of hydroxylamine groups is 2. The molecule has 156 valence electrons. The van der Waals surface area contributed by atoms with Gasteiger partial charge in [-0.05, 0) is 68.3 Å². The molecule has 3 rings (SSSR count). The van der Waals surface area contributed by atoms with E-state index < -0.39 is 0 Å². The zero-order valence-corrected chi connectivity index (χ0v) is 17.6. The van der Waals surface area contributed by atoms with E-state index in [1.807, 2.05) is 11.8 Å². The van der Waals surface area contributed by atoms with Crippen LogP contribution in [-0.2, 0) is 14.3 Å². The number of carbonyl (C=O) groups is 1. The summed E-state index contributed by atoms with van der Waals surface area (Å²) in [4.78, 5) is 11.4. The molecule has 2 saturated heterocycles. The molecule has 2 bridgehead atoms. The molecular formula is C21H37NO4S. The second-order valence-electron chi connectivity index (χ2n) is 8.49. The van der Waals surface area contributed by atoms with Gasteiger partial charge >= 0.3 is 0 Å². The molecule has 4 atom stereocenters. The van der Waals surface area contributed by atoms with Gasteiger partial charge in [0.25, 0.3) is 0 Å². The molecule has 3 fully saturated rings. The van der Waals surface area contributed by atoms with Gasteiger partial charge in [0.05, 0.1) is 18.3 Å². The van der Waals surface area contributed by atoms with Crippen LogP contribution in [0.3, 0.4) is 0 Å². The van der Waals surface area contributed by atoms with Crippen LogP contribution in [0.25, 0.3) is 0 Å². The van der Waals surface area contributed by atoms with Crippen LogP contribution in [0, 0.1) is 11.8 Å². The zero-order chi connectivity index (χ0) is 19.1. The summed E-state index contributed by atoms with van der Waals surface area (Å²) in [6, 6.07) is 0. The second kappa shape index (κ2) is 11.0. The molecule has 0 aromatic rings. The quantitative estimate of drug-likeness (QED) is 0.319. The van der Waals surface area contributed by atoms with Crippen LogP contribution >= 0.6 is 11.8 Å². The van der Waals surface area contributed by atoms with E-state index in [0.717, 1.165) is 31.6 Å². The highest BCUT2D eigenvalue weighted by molar-refractivity contribution is 7.99. The van der Waals surface area contributed by atoms with Crippen LogP contribution in [0.15, 0.2) is 0 Å². The maximum Gasteiger partial charge on any atom is 0.245 e. The molecule has 0 aromatic heterocycles. The van der Waals surface area contributed by atoms with E-state index in [0.29, 0.717) is 41.6 Å². The van der Waals surface area contributed by atoms with Crippen LogP contribution in [0.4, 0.5) is 0 Å². The van der Waals surface area contributed by atoms with Gasteiger partial charge in [0.2, 0.25) is 5.91 Å². The summed E-state index contributed by atoms with van der Waals surface area (Å²) in [7, 11) is 1.39. The summed E-state index contributed by atoms with van der Waals surface area (Å²) >= 11 is 2.01. The normalized spacial score (nSPS) is 30.7. The monoisotopic (exact) mass is 399 g/mol. The molecule has 1 N–H and O–H groups in total. The Bertz CT molecular complexity index is 455. The maximum atomic E-state index is 11.4. The maximum absolute atomic E-state index is 11.4. The zero-order valence-electron chi connectivity index (χ0n) is 16.8. The summed E-state index contributed by atoms with van der Waals surface area (Å²) in [5.74, 6) is 3.41. The van der Waals surface area contributed by atoms with E-state index in [4.69, 9.17) is 14.7 Å². The van der Waals surface area contributed by atoms with Gasteiger partial charge in [-0.3, -0.25) is 10.0 Å². The van der Waals surface area contributed by atoms with Gasteiger partial charge in [-0.1, -0.05) is 19.3 Å². The first-order valence-electron chi connectivity index (χ1n) is 11.0. The lowest BCUT2D eigenvalue weighted by Crippen LogP contribution is -2.30. The van der Waals surface area contributed by atoms with Gasteiger partial charge in [0.15, 0.2) is 0 Å². The van der Waals surface area contributed by atoms with E-state index >= 15 is 0 Å². The summed E-state index contributed by atoms with van der Waals surface area (Å²) in [5, 5.41) is 9.76. The molecule has 0 aromatic carbocycles. The number of carbonyl (C=O) groups excluding carboxylic acids is 1. The molecule has 4 unspecified atom stereocenters. The van der Waals surface area contributed by atoms with Gasteiger partial charge in [-0.15, -0.1) is 0 Å². The van der Waals surface area contributed by atoms with E-state index in [1.54, 1.807) is 0 Å². The Morgan fingerprint density at radius 2 is 1.85 bits per heavy atom. The summed E-state index contributed by atoms with van der Waals surface area (Å²) in [6.45, 7) is 0.903. The molecule has 6 heteroatoms. The second-order valence-corrected chi connectivity index (χ2v) is 9.64. The predicted octanol–water partition coefficient (Wildman–Crippen LogP) is 4.27. The molecule has 3 aliphatic rings. The highest BCUT2D eigenvalue weighted by atomic mass is 32.2. The van der Waals surface area contributed by atoms with Crippen molar-refractivity contribution in [1.82, 2.24) is 5.06 Å². The third-order valence-corrected chi connectivity index (χ3v) is 7.75. The average molecular weight is 400 g/mol. The van der Waals surface area contributed by atoms with Crippen molar-refractivity contribution in [2.75, 3.05) is 25.2 Å². The molecule has 5 nitrogen and oxygen atoms in total. The van der Waals surface area contributed by atoms with Gasteiger partial charge in [0.1, 0.15) is 0 Å². The average Bonchev–Trinajstić information content (AvgIpc) is 3.27. The fraction of sp³-hybridized carbons (Fsp3) is 0.952. The Morgan fingerprint density at radius 1 is 1.11 bits per heavy atom. The third kappa shape index (κ3) is 6.34. The van der Waals surface area contributed by atoms with E-state index in [1.165, 1.54) is 57.7 Å². The van der Waals surface area contributed by atoms with Crippen molar-refractivity contribution in [2.24, 2.45) is 11.8 Å². The smallest absolute Gasteiger partial charge is 0.245 e. The van der Waals surface area contributed by atoms with Crippen molar-refractivity contribution in [1.29, 1.82) is 0 Å². The molecule has 1 aliphatic carbocycles. The number of hydrogen-bond acceptors (Lipinski definition) is 5. The topological polar surface area (TPSA) is 59.0 Å². The first kappa shape index (κ1) is 21.4. The summed E-state index contributed by atoms with van der Waals surface area (Å²) in [5.41, 5.74) is 0. The van der Waals surface area contributed by atoms with Gasteiger partial charge in [-0.25, -0.2) is 5.06 Å². The number of ether oxygens (including phenoxy) is 2. The Hall–Kier alpha value is -0.300. The largest absolute Gasteiger partial charge is 0.378 e. The molecule has 1 amide bonds. The first-order valence-corrected chi connectivity index (χ1v) is 12.1. The number of nitrogens with zero attached hydrogens (tertiary/aromatic N) is 1. The highest BCUT2D eigenvalue weighted by Crippen LogP contribution is 2.46. The third-order valence-electron chi connectivity index (χ3n) is 6.55. The van der Waals surface area contributed by atoms with E-state index in [9.17, 15) is 4.79 Å². The van der Waals surface area contributed by atoms with Crippen molar-refractivity contribution in [3.8, 4) is 0 Å². The van der Waals surface area contributed by atoms with Crippen LogP contribution in [0.2, 0.25) is 0 Å². The van der Waals surface area contributed by atoms with Crippen LogP contribution in [0.1, 0.15) is 70.6 Å². The SMILES string of the molecule is CN(O)C(=O)CCCCSCC1C2CCC(O2)C1CCOC1CCCCC1. The molecule has 2 heterocycles. The van der Waals surface area contributed by atoms with Gasteiger partial charge in [-0.2, -0.15) is 11.8 Å². The molecule has 27 heavy (non-hydrogen) atoms. The van der Waals surface area contributed by atoms with Crippen LogP contribution in [0.5, 0.6) is 0 Å². The highest BCUT2D eigenvalue weighted by Gasteiger charge is 2.48. The Balaban J connectivity index is 1.31. The number of fused-ring (bicyclic) bond motifs is 2. The number of thioether (sulfide) groups is 1. The fourth-order valence-corrected chi connectivity index (χ4v) is 6.27. The van der Waals surface area contributed by atoms with Gasteiger partial charge in [0, 0.05) is 20.1 Å². The lowest BCUT2D eigenvalue weighted by atomic mass is 9.79. The van der Waals surface area contributed by atoms with Crippen LogP contribution < -0.4 is 0 Å². The fourth-order valence-electron chi connectivity index (χ4n) is 4.97. The Labute approximate surface area is 168 Å². The summed E-state index contributed by atoms with van der Waals surface area (Å²) < 4.78 is 12.4. The van der Waals surface area contributed by atoms with Crippen molar-refractivity contribution in [3.63, 3.8) is 0 Å². The van der Waals surface area contributed by atoms with Crippen molar-refractivity contribution in [3.05, 3.63) is 0 Å². The van der Waals surface area contributed by atoms with Crippen molar-refractivity contribution in [2.45, 2.75) is 88.9 Å². The number of amides is 1. The van der Waals surface area contributed by atoms with Gasteiger partial charge < -0.3 is 9.47 Å². The standard InChI is InChI=1S/C21H37NO4S/c1-22(24)21(23)9-5-6-14-27-15-18-17(19-10-11-20(18)26-19)12-13-25-16-7-3-2-4-8-16/h16-20,24H,2-15H2,1H3. The lowest BCUT2D eigenvalue weighted by molar-refractivity contribution is -0.159. The molecule has 2 aliphatic heterocycles. The lowest BCUT2D eigenvalue weighted by Gasteiger charge is -2.29. The molecular weight excluding hydrogens is 362 g/mol. The molecule has 0 radical (unpaired) electrons. The van der Waals surface area contributed by atoms with Crippen LogP contribution in [-0.4, -0.2) is 59.6 Å². The summed E-state index contributed by atoms with van der Waals surface area (Å²) in [6.07, 6.45) is 13.9. The Kier molecular flexibility index (Phi) is 8.75. The number of hydrogen-bond donors (Lipinski definition) is 1. The van der Waals surface area contributed by atoms with Crippen molar-refractivity contribution < 1.29 is 19.5 Å². The minimum Gasteiger partial charge on any atom is -0.378 e. The predicted molar refractivity (Wildman–Crippen MR) is 108 cm³/mol. The minimum atomic E-state index is -0.195. The molecule has 1 saturated carbocycles.